The Morgan fingerprint density at radius 3 is 2.88 bits per heavy atom. The first-order chi connectivity index (χ1) is 11.7. The molecule has 4 rings (SSSR count). The molecular formula is C19H24N4O. The first kappa shape index (κ1) is 15.4. The van der Waals surface area contributed by atoms with Crippen molar-refractivity contribution in [3.8, 4) is 0 Å². The predicted molar refractivity (Wildman–Crippen MR) is 91.8 cm³/mol. The maximum absolute atomic E-state index is 12.8. The molecule has 2 aromatic heterocycles. The Hall–Kier alpha value is -2.17. The van der Waals surface area contributed by atoms with Crippen molar-refractivity contribution in [2.24, 2.45) is 5.92 Å². The van der Waals surface area contributed by atoms with Gasteiger partial charge in [0.1, 0.15) is 5.82 Å². The van der Waals surface area contributed by atoms with Crippen molar-refractivity contribution < 1.29 is 4.79 Å². The molecule has 24 heavy (non-hydrogen) atoms. The van der Waals surface area contributed by atoms with Crippen molar-refractivity contribution in [2.45, 2.75) is 45.1 Å². The Bertz CT molecular complexity index is 717. The van der Waals surface area contributed by atoms with E-state index in [9.17, 15) is 4.79 Å². The van der Waals surface area contributed by atoms with Gasteiger partial charge in [-0.05, 0) is 50.7 Å². The number of nitrogens with zero attached hydrogens (tertiary/aromatic N) is 4. The van der Waals surface area contributed by atoms with Crippen molar-refractivity contribution in [1.82, 2.24) is 19.4 Å². The number of hydrogen-bond acceptors (Lipinski definition) is 3. The van der Waals surface area contributed by atoms with E-state index in [1.807, 2.05) is 30.2 Å². The van der Waals surface area contributed by atoms with Crippen LogP contribution in [0.25, 0.3) is 0 Å². The predicted octanol–water partition coefficient (Wildman–Crippen LogP) is 3.02. The number of imidazole rings is 1. The molecule has 1 amide bonds. The number of rotatable bonds is 4. The highest BCUT2D eigenvalue weighted by atomic mass is 16.2. The van der Waals surface area contributed by atoms with Crippen molar-refractivity contribution >= 4 is 5.91 Å². The van der Waals surface area contributed by atoms with Crippen LogP contribution in [0.15, 0.2) is 30.7 Å². The summed E-state index contributed by atoms with van der Waals surface area (Å²) in [5.74, 6) is 2.42. The average Bonchev–Trinajstić information content (AvgIpc) is 3.30. The highest BCUT2D eigenvalue weighted by Crippen LogP contribution is 2.33. The summed E-state index contributed by atoms with van der Waals surface area (Å²) in [7, 11) is 0. The SMILES string of the molecule is Cc1ccc(C(=O)N2CCC[C@@H](c3nccn3CC3CC3)C2)cn1. The number of likely N-dealkylation sites (tertiary alicyclic amines) is 1. The van der Waals surface area contributed by atoms with Crippen LogP contribution in [0.5, 0.6) is 0 Å². The van der Waals surface area contributed by atoms with Crippen LogP contribution in [-0.2, 0) is 6.54 Å². The smallest absolute Gasteiger partial charge is 0.255 e. The number of piperidine rings is 1. The third-order valence-corrected chi connectivity index (χ3v) is 5.13. The molecule has 1 aliphatic carbocycles. The van der Waals surface area contributed by atoms with Crippen LogP contribution in [0.3, 0.4) is 0 Å². The lowest BCUT2D eigenvalue weighted by molar-refractivity contribution is 0.0702. The van der Waals surface area contributed by atoms with E-state index >= 15 is 0 Å². The molecule has 1 aliphatic heterocycles. The number of pyridine rings is 1. The fourth-order valence-electron chi connectivity index (χ4n) is 3.56. The topological polar surface area (TPSA) is 51.0 Å². The van der Waals surface area contributed by atoms with E-state index in [0.29, 0.717) is 11.5 Å². The number of hydrogen-bond donors (Lipinski definition) is 0. The van der Waals surface area contributed by atoms with Crippen LogP contribution < -0.4 is 0 Å². The lowest BCUT2D eigenvalue weighted by Gasteiger charge is -2.32. The molecule has 0 N–H and O–H groups in total. The Balaban J connectivity index is 1.48. The second kappa shape index (κ2) is 6.38. The molecule has 2 fully saturated rings. The van der Waals surface area contributed by atoms with E-state index in [2.05, 4.69) is 20.7 Å². The van der Waals surface area contributed by atoms with Gasteiger partial charge in [-0.25, -0.2) is 4.98 Å². The second-order valence-electron chi connectivity index (χ2n) is 7.16. The van der Waals surface area contributed by atoms with E-state index in [1.165, 1.54) is 12.8 Å². The van der Waals surface area contributed by atoms with Crippen molar-refractivity contribution in [2.75, 3.05) is 13.1 Å². The monoisotopic (exact) mass is 324 g/mol. The largest absolute Gasteiger partial charge is 0.338 e. The van der Waals surface area contributed by atoms with Crippen LogP contribution in [0.4, 0.5) is 0 Å². The zero-order chi connectivity index (χ0) is 16.5. The van der Waals surface area contributed by atoms with Gasteiger partial charge < -0.3 is 9.47 Å². The number of carbonyl (C=O) groups is 1. The van der Waals surface area contributed by atoms with Crippen LogP contribution in [0.2, 0.25) is 0 Å². The van der Waals surface area contributed by atoms with Gasteiger partial charge in [0.05, 0.1) is 5.56 Å². The van der Waals surface area contributed by atoms with Crippen molar-refractivity contribution in [3.63, 3.8) is 0 Å². The molecule has 2 aliphatic rings. The quantitative estimate of drug-likeness (QED) is 0.868. The summed E-state index contributed by atoms with van der Waals surface area (Å²) in [6.45, 7) is 4.60. The lowest BCUT2D eigenvalue weighted by Crippen LogP contribution is -2.39. The fourth-order valence-corrected chi connectivity index (χ4v) is 3.56. The van der Waals surface area contributed by atoms with Gasteiger partial charge in [-0.3, -0.25) is 9.78 Å². The van der Waals surface area contributed by atoms with E-state index in [-0.39, 0.29) is 5.91 Å². The molecule has 1 atom stereocenters. The molecule has 0 bridgehead atoms. The molecule has 1 saturated carbocycles. The molecule has 5 nitrogen and oxygen atoms in total. The van der Waals surface area contributed by atoms with Gasteiger partial charge in [0.15, 0.2) is 0 Å². The number of amides is 1. The molecule has 3 heterocycles. The zero-order valence-corrected chi connectivity index (χ0v) is 14.2. The average molecular weight is 324 g/mol. The van der Waals surface area contributed by atoms with Gasteiger partial charge in [0, 0.05) is 49.8 Å². The van der Waals surface area contributed by atoms with E-state index < -0.39 is 0 Å². The summed E-state index contributed by atoms with van der Waals surface area (Å²) in [4.78, 5) is 23.6. The molecule has 2 aromatic rings. The molecule has 0 radical (unpaired) electrons. The van der Waals surface area contributed by atoms with E-state index in [0.717, 1.165) is 49.9 Å². The summed E-state index contributed by atoms with van der Waals surface area (Å²) in [6, 6.07) is 3.78. The van der Waals surface area contributed by atoms with Crippen molar-refractivity contribution in [1.29, 1.82) is 0 Å². The van der Waals surface area contributed by atoms with Crippen LogP contribution >= 0.6 is 0 Å². The van der Waals surface area contributed by atoms with Crippen molar-refractivity contribution in [3.05, 3.63) is 47.8 Å². The molecule has 1 saturated heterocycles. The number of carbonyl (C=O) groups excluding carboxylic acids is 1. The summed E-state index contributed by atoms with van der Waals surface area (Å²) in [5, 5.41) is 0. The van der Waals surface area contributed by atoms with E-state index in [4.69, 9.17) is 0 Å². The highest BCUT2D eigenvalue weighted by Gasteiger charge is 2.29. The Morgan fingerprint density at radius 1 is 1.25 bits per heavy atom. The van der Waals surface area contributed by atoms with Crippen LogP contribution in [0.1, 0.15) is 53.5 Å². The molecule has 126 valence electrons. The third kappa shape index (κ3) is 3.21. The summed E-state index contributed by atoms with van der Waals surface area (Å²) in [5.41, 5.74) is 1.62. The number of aryl methyl sites for hydroxylation is 1. The normalized spacial score (nSPS) is 21.0. The molecule has 5 heteroatoms. The van der Waals surface area contributed by atoms with Crippen LogP contribution in [-0.4, -0.2) is 38.4 Å². The molecular weight excluding hydrogens is 300 g/mol. The minimum atomic E-state index is 0.0903. The lowest BCUT2D eigenvalue weighted by atomic mass is 9.96. The first-order valence-corrected chi connectivity index (χ1v) is 8.93. The van der Waals surface area contributed by atoms with Gasteiger partial charge >= 0.3 is 0 Å². The standard InChI is InChI=1S/C19H24N4O/c1-14-4-7-16(11-21-14)19(24)23-9-2-3-17(13-23)18-20-8-10-22(18)12-15-5-6-15/h4,7-8,10-11,15,17H,2-3,5-6,9,12-13H2,1H3/t17-/m1/s1. The molecule has 0 aromatic carbocycles. The minimum absolute atomic E-state index is 0.0903. The van der Waals surface area contributed by atoms with Crippen LogP contribution in [0, 0.1) is 12.8 Å². The minimum Gasteiger partial charge on any atom is -0.338 e. The van der Waals surface area contributed by atoms with Gasteiger partial charge in [0.2, 0.25) is 0 Å². The summed E-state index contributed by atoms with van der Waals surface area (Å²) >= 11 is 0. The number of aromatic nitrogens is 3. The Morgan fingerprint density at radius 2 is 2.12 bits per heavy atom. The first-order valence-electron chi connectivity index (χ1n) is 8.93. The molecule has 0 unspecified atom stereocenters. The third-order valence-electron chi connectivity index (χ3n) is 5.13. The maximum Gasteiger partial charge on any atom is 0.255 e. The maximum atomic E-state index is 12.8. The second-order valence-corrected chi connectivity index (χ2v) is 7.16. The fraction of sp³-hybridized carbons (Fsp3) is 0.526. The van der Waals surface area contributed by atoms with Gasteiger partial charge in [-0.15, -0.1) is 0 Å². The zero-order valence-electron chi connectivity index (χ0n) is 14.2. The van der Waals surface area contributed by atoms with Gasteiger partial charge in [0.25, 0.3) is 5.91 Å². The highest BCUT2D eigenvalue weighted by molar-refractivity contribution is 5.94. The summed E-state index contributed by atoms with van der Waals surface area (Å²) < 4.78 is 2.31. The van der Waals surface area contributed by atoms with Gasteiger partial charge in [-0.1, -0.05) is 0 Å². The Kier molecular flexibility index (Phi) is 4.08. The van der Waals surface area contributed by atoms with E-state index in [1.54, 1.807) is 6.20 Å². The van der Waals surface area contributed by atoms with Gasteiger partial charge in [-0.2, -0.15) is 0 Å². The molecule has 0 spiro atoms. The Labute approximate surface area is 142 Å². The summed E-state index contributed by atoms with van der Waals surface area (Å²) in [6.07, 6.45) is 10.5.